The number of pyridine rings is 1. The average Bonchev–Trinajstić information content (AvgIpc) is 3.48. The van der Waals surface area contributed by atoms with Crippen LogP contribution in [0.5, 0.6) is 0 Å². The van der Waals surface area contributed by atoms with Crippen LogP contribution >= 0.6 is 11.8 Å². The molecular formula is C26H23N5OS. The minimum absolute atomic E-state index is 0.0664. The standard InChI is InChI=1S/C26H23N5OS/c1-2-19-10-6-12-21-22(15-28-24(19)21)23(32)17-33-26-30-29-25(20-11-7-13-27-14-20)31(26)16-18-8-4-3-5-9-18/h3-15,28H,2,16-17H2,1H3. The number of hydrogen-bond acceptors (Lipinski definition) is 5. The molecule has 0 saturated carbocycles. The average molecular weight is 454 g/mol. The zero-order valence-electron chi connectivity index (χ0n) is 18.2. The van der Waals surface area contributed by atoms with E-state index in [0.717, 1.165) is 39.8 Å². The third-order valence-corrected chi connectivity index (χ3v) is 6.60. The molecule has 0 saturated heterocycles. The van der Waals surface area contributed by atoms with E-state index in [9.17, 15) is 4.79 Å². The van der Waals surface area contributed by atoms with Gasteiger partial charge in [-0.05, 0) is 29.7 Å². The summed E-state index contributed by atoms with van der Waals surface area (Å²) in [6.07, 6.45) is 6.26. The lowest BCUT2D eigenvalue weighted by Gasteiger charge is -2.10. The number of para-hydroxylation sites is 1. The highest BCUT2D eigenvalue weighted by Gasteiger charge is 2.18. The van der Waals surface area contributed by atoms with Crippen molar-refractivity contribution in [3.05, 3.63) is 95.9 Å². The number of nitrogens with one attached hydrogen (secondary N) is 1. The van der Waals surface area contributed by atoms with Gasteiger partial charge in [0.25, 0.3) is 0 Å². The Morgan fingerprint density at radius 1 is 1.03 bits per heavy atom. The molecule has 3 aromatic heterocycles. The number of hydrogen-bond donors (Lipinski definition) is 1. The summed E-state index contributed by atoms with van der Waals surface area (Å²) in [5, 5.41) is 10.5. The SMILES string of the molecule is CCc1cccc2c(C(=O)CSc3nnc(-c4cccnc4)n3Cc3ccccc3)c[nH]c12. The van der Waals surface area contributed by atoms with Gasteiger partial charge in [0.2, 0.25) is 0 Å². The van der Waals surface area contributed by atoms with E-state index >= 15 is 0 Å². The summed E-state index contributed by atoms with van der Waals surface area (Å²) >= 11 is 1.41. The van der Waals surface area contributed by atoms with E-state index in [1.807, 2.05) is 48.7 Å². The lowest BCUT2D eigenvalue weighted by molar-refractivity contribution is 0.102. The predicted octanol–water partition coefficient (Wildman–Crippen LogP) is 5.41. The smallest absolute Gasteiger partial charge is 0.192 e. The maximum atomic E-state index is 13.1. The minimum Gasteiger partial charge on any atom is -0.360 e. The first-order chi connectivity index (χ1) is 16.2. The molecule has 1 N–H and O–H groups in total. The number of thioether (sulfide) groups is 1. The number of benzene rings is 2. The number of carbonyl (C=O) groups excluding carboxylic acids is 1. The van der Waals surface area contributed by atoms with Gasteiger partial charge in [-0.25, -0.2) is 0 Å². The Morgan fingerprint density at radius 3 is 2.70 bits per heavy atom. The Labute approximate surface area is 196 Å². The van der Waals surface area contributed by atoms with Gasteiger partial charge in [-0.2, -0.15) is 0 Å². The highest BCUT2D eigenvalue weighted by molar-refractivity contribution is 7.99. The topological polar surface area (TPSA) is 76.5 Å². The van der Waals surface area contributed by atoms with Gasteiger partial charge < -0.3 is 4.98 Å². The number of ketones is 1. The normalized spacial score (nSPS) is 11.2. The lowest BCUT2D eigenvalue weighted by atomic mass is 10.1. The Hall–Kier alpha value is -3.71. The van der Waals surface area contributed by atoms with Crippen molar-refractivity contribution in [2.45, 2.75) is 25.0 Å². The molecule has 0 radical (unpaired) electrons. The highest BCUT2D eigenvalue weighted by atomic mass is 32.2. The molecule has 0 bridgehead atoms. The molecule has 0 fully saturated rings. The monoisotopic (exact) mass is 453 g/mol. The summed E-state index contributed by atoms with van der Waals surface area (Å²) in [5.41, 5.74) is 5.00. The second kappa shape index (κ2) is 9.42. The minimum atomic E-state index is 0.0664. The molecule has 0 spiro atoms. The number of rotatable bonds is 8. The van der Waals surface area contributed by atoms with E-state index < -0.39 is 0 Å². The van der Waals surface area contributed by atoms with Crippen molar-refractivity contribution in [1.29, 1.82) is 0 Å². The van der Waals surface area contributed by atoms with Crippen molar-refractivity contribution in [3.8, 4) is 11.4 Å². The molecule has 3 heterocycles. The molecular weight excluding hydrogens is 430 g/mol. The van der Waals surface area contributed by atoms with Gasteiger partial charge in [0, 0.05) is 40.6 Å². The maximum Gasteiger partial charge on any atom is 0.192 e. The molecule has 0 unspecified atom stereocenters. The molecule has 0 aliphatic rings. The van der Waals surface area contributed by atoms with Crippen molar-refractivity contribution < 1.29 is 4.79 Å². The predicted molar refractivity (Wildman–Crippen MR) is 132 cm³/mol. The number of H-pyrrole nitrogens is 1. The van der Waals surface area contributed by atoms with Crippen LogP contribution in [0.1, 0.15) is 28.4 Å². The fraction of sp³-hybridized carbons (Fsp3) is 0.154. The van der Waals surface area contributed by atoms with Gasteiger partial charge in [0.05, 0.1) is 12.3 Å². The Balaban J connectivity index is 1.43. The number of aromatic amines is 1. The van der Waals surface area contributed by atoms with Gasteiger partial charge >= 0.3 is 0 Å². The molecule has 0 amide bonds. The maximum absolute atomic E-state index is 13.1. The largest absolute Gasteiger partial charge is 0.360 e. The molecule has 5 aromatic rings. The molecule has 5 rings (SSSR count). The van der Waals surface area contributed by atoms with Crippen molar-refractivity contribution >= 4 is 28.4 Å². The van der Waals surface area contributed by atoms with Gasteiger partial charge in [-0.15, -0.1) is 10.2 Å². The first-order valence-electron chi connectivity index (χ1n) is 10.9. The quantitative estimate of drug-likeness (QED) is 0.251. The molecule has 2 aromatic carbocycles. The Bertz CT molecular complexity index is 1390. The summed E-state index contributed by atoms with van der Waals surface area (Å²) in [7, 11) is 0. The molecule has 0 aliphatic heterocycles. The number of aryl methyl sites for hydroxylation is 1. The van der Waals surface area contributed by atoms with Crippen LogP contribution in [-0.2, 0) is 13.0 Å². The second-order valence-corrected chi connectivity index (χ2v) is 8.67. The van der Waals surface area contributed by atoms with Crippen molar-refractivity contribution in [3.63, 3.8) is 0 Å². The van der Waals surface area contributed by atoms with Crippen molar-refractivity contribution in [2.75, 3.05) is 5.75 Å². The fourth-order valence-corrected chi connectivity index (χ4v) is 4.78. The summed E-state index contributed by atoms with van der Waals surface area (Å²) in [5.74, 6) is 1.08. The summed E-state index contributed by atoms with van der Waals surface area (Å²) in [6.45, 7) is 2.73. The lowest BCUT2D eigenvalue weighted by Crippen LogP contribution is -2.07. The fourth-order valence-electron chi connectivity index (χ4n) is 3.96. The number of aromatic nitrogens is 5. The first kappa shape index (κ1) is 21.2. The first-order valence-corrected chi connectivity index (χ1v) is 11.9. The van der Waals surface area contributed by atoms with Crippen LogP contribution in [0.25, 0.3) is 22.3 Å². The summed E-state index contributed by atoms with van der Waals surface area (Å²) < 4.78 is 2.05. The number of nitrogens with zero attached hydrogens (tertiary/aromatic N) is 4. The van der Waals surface area contributed by atoms with Gasteiger partial charge in [0.1, 0.15) is 0 Å². The Kier molecular flexibility index (Phi) is 6.04. The molecule has 164 valence electrons. The summed E-state index contributed by atoms with van der Waals surface area (Å²) in [4.78, 5) is 20.6. The van der Waals surface area contributed by atoms with Crippen LogP contribution in [-0.4, -0.2) is 36.3 Å². The van der Waals surface area contributed by atoms with E-state index in [0.29, 0.717) is 11.7 Å². The van der Waals surface area contributed by atoms with Gasteiger partial charge in [-0.1, -0.05) is 67.2 Å². The molecule has 6 nitrogen and oxygen atoms in total. The van der Waals surface area contributed by atoms with Crippen molar-refractivity contribution in [1.82, 2.24) is 24.7 Å². The number of Topliss-reactive ketones (excluding diaryl/α,β-unsaturated/α-hetero) is 1. The molecule has 7 heteroatoms. The molecule has 0 atom stereocenters. The van der Waals surface area contributed by atoms with Crippen LogP contribution in [0.4, 0.5) is 0 Å². The zero-order chi connectivity index (χ0) is 22.6. The van der Waals surface area contributed by atoms with E-state index in [2.05, 4.69) is 49.9 Å². The number of fused-ring (bicyclic) bond motifs is 1. The second-order valence-electron chi connectivity index (χ2n) is 7.73. The van der Waals surface area contributed by atoms with Crippen LogP contribution in [0.15, 0.2) is 84.4 Å². The van der Waals surface area contributed by atoms with E-state index in [-0.39, 0.29) is 11.5 Å². The zero-order valence-corrected chi connectivity index (χ0v) is 19.0. The van der Waals surface area contributed by atoms with E-state index in [1.54, 1.807) is 12.4 Å². The van der Waals surface area contributed by atoms with Crippen LogP contribution in [0.2, 0.25) is 0 Å². The van der Waals surface area contributed by atoms with Gasteiger partial charge in [0.15, 0.2) is 16.8 Å². The third-order valence-electron chi connectivity index (χ3n) is 5.64. The summed E-state index contributed by atoms with van der Waals surface area (Å²) in [6, 6.07) is 20.1. The van der Waals surface area contributed by atoms with Crippen LogP contribution in [0, 0.1) is 0 Å². The highest BCUT2D eigenvalue weighted by Crippen LogP contribution is 2.27. The molecule has 33 heavy (non-hydrogen) atoms. The van der Waals surface area contributed by atoms with Crippen molar-refractivity contribution in [2.24, 2.45) is 0 Å². The third kappa shape index (κ3) is 4.32. The Morgan fingerprint density at radius 2 is 1.91 bits per heavy atom. The van der Waals surface area contributed by atoms with E-state index in [4.69, 9.17) is 0 Å². The number of carbonyl (C=O) groups is 1. The van der Waals surface area contributed by atoms with Crippen LogP contribution < -0.4 is 0 Å². The molecule has 0 aliphatic carbocycles. The van der Waals surface area contributed by atoms with E-state index in [1.165, 1.54) is 17.3 Å². The van der Waals surface area contributed by atoms with Crippen LogP contribution in [0.3, 0.4) is 0 Å². The van der Waals surface area contributed by atoms with Gasteiger partial charge in [-0.3, -0.25) is 14.3 Å².